The van der Waals surface area contributed by atoms with E-state index in [1.165, 1.54) is 3.57 Å². The first-order chi connectivity index (χ1) is 10.6. The molecule has 6 nitrogen and oxygen atoms in total. The van der Waals surface area contributed by atoms with E-state index < -0.39 is 0 Å². The summed E-state index contributed by atoms with van der Waals surface area (Å²) in [6, 6.07) is 6.18. The molecule has 22 heavy (non-hydrogen) atoms. The predicted molar refractivity (Wildman–Crippen MR) is 96.4 cm³/mol. The fraction of sp³-hybridized carbons (Fsp3) is 0.267. The molecule has 0 radical (unpaired) electrons. The molecule has 0 fully saturated rings. The third-order valence-electron chi connectivity index (χ3n) is 3.23. The van der Waals surface area contributed by atoms with Crippen molar-refractivity contribution in [2.24, 2.45) is 0 Å². The van der Waals surface area contributed by atoms with Crippen molar-refractivity contribution in [2.75, 3.05) is 32.5 Å². The number of hydrogen-bond donors (Lipinski definition) is 1. The van der Waals surface area contributed by atoms with E-state index >= 15 is 0 Å². The Morgan fingerprint density at radius 3 is 2.86 bits per heavy atom. The van der Waals surface area contributed by atoms with Crippen LogP contribution in [0.25, 0.3) is 16.9 Å². The van der Waals surface area contributed by atoms with Gasteiger partial charge < -0.3 is 10.2 Å². The Labute approximate surface area is 142 Å². The second-order valence-electron chi connectivity index (χ2n) is 5.23. The minimum atomic E-state index is 0.624. The normalized spacial score (nSPS) is 11.3. The summed E-state index contributed by atoms with van der Waals surface area (Å²) in [4.78, 5) is 15.5. The molecule has 1 N–H and O–H groups in total. The van der Waals surface area contributed by atoms with Gasteiger partial charge in [0.1, 0.15) is 12.1 Å². The SMILES string of the molecule is CN(C)CCNc1nc(-n2ccnc2)nc2ccc(I)cc12. The van der Waals surface area contributed by atoms with Gasteiger partial charge in [0.05, 0.1) is 5.52 Å². The number of hydrogen-bond acceptors (Lipinski definition) is 5. The Hall–Kier alpha value is -1.74. The molecule has 0 atom stereocenters. The third kappa shape index (κ3) is 3.36. The van der Waals surface area contributed by atoms with Crippen LogP contribution in [-0.2, 0) is 0 Å². The Kier molecular flexibility index (Phi) is 4.53. The van der Waals surface area contributed by atoms with Crippen molar-refractivity contribution in [1.29, 1.82) is 0 Å². The maximum absolute atomic E-state index is 4.66. The number of aromatic nitrogens is 4. The lowest BCUT2D eigenvalue weighted by Crippen LogP contribution is -2.21. The Morgan fingerprint density at radius 1 is 1.27 bits per heavy atom. The van der Waals surface area contributed by atoms with Crippen LogP contribution >= 0.6 is 22.6 Å². The smallest absolute Gasteiger partial charge is 0.237 e. The first-order valence-electron chi connectivity index (χ1n) is 6.98. The fourth-order valence-electron chi connectivity index (χ4n) is 2.11. The van der Waals surface area contributed by atoms with Gasteiger partial charge in [0.15, 0.2) is 0 Å². The second kappa shape index (κ2) is 6.57. The fourth-order valence-corrected chi connectivity index (χ4v) is 2.61. The van der Waals surface area contributed by atoms with Crippen LogP contribution < -0.4 is 5.32 Å². The number of benzene rings is 1. The Bertz CT molecular complexity index is 769. The van der Waals surface area contributed by atoms with Crippen molar-refractivity contribution in [1.82, 2.24) is 24.4 Å². The quantitative estimate of drug-likeness (QED) is 0.658. The number of rotatable bonds is 5. The number of fused-ring (bicyclic) bond motifs is 1. The van der Waals surface area contributed by atoms with E-state index in [2.05, 4.69) is 74.0 Å². The minimum Gasteiger partial charge on any atom is -0.368 e. The summed E-state index contributed by atoms with van der Waals surface area (Å²) >= 11 is 2.31. The van der Waals surface area contributed by atoms with Crippen molar-refractivity contribution >= 4 is 39.3 Å². The first-order valence-corrected chi connectivity index (χ1v) is 8.05. The average molecular weight is 408 g/mol. The van der Waals surface area contributed by atoms with E-state index in [1.54, 1.807) is 12.5 Å². The van der Waals surface area contributed by atoms with Crippen molar-refractivity contribution in [3.63, 3.8) is 0 Å². The molecule has 0 unspecified atom stereocenters. The van der Waals surface area contributed by atoms with Crippen LogP contribution in [-0.4, -0.2) is 51.6 Å². The lowest BCUT2D eigenvalue weighted by Gasteiger charge is -2.13. The van der Waals surface area contributed by atoms with E-state index in [0.717, 1.165) is 29.8 Å². The summed E-state index contributed by atoms with van der Waals surface area (Å²) in [6.45, 7) is 1.77. The molecule has 0 saturated heterocycles. The maximum atomic E-state index is 4.66. The molecule has 1 aromatic carbocycles. The zero-order chi connectivity index (χ0) is 15.5. The van der Waals surface area contributed by atoms with Gasteiger partial charge in [-0.1, -0.05) is 0 Å². The van der Waals surface area contributed by atoms with Crippen LogP contribution in [0.5, 0.6) is 0 Å². The summed E-state index contributed by atoms with van der Waals surface area (Å²) in [5, 5.41) is 4.46. The van der Waals surface area contributed by atoms with Gasteiger partial charge in [0, 0.05) is 34.4 Å². The number of imidazole rings is 1. The van der Waals surface area contributed by atoms with Crippen molar-refractivity contribution in [3.8, 4) is 5.95 Å². The summed E-state index contributed by atoms with van der Waals surface area (Å²) in [6.07, 6.45) is 5.27. The zero-order valence-corrected chi connectivity index (χ0v) is 14.6. The molecule has 0 aliphatic rings. The number of anilines is 1. The number of likely N-dealkylation sites (N-methyl/N-ethyl adjacent to an activating group) is 1. The highest BCUT2D eigenvalue weighted by atomic mass is 127. The van der Waals surface area contributed by atoms with Crippen LogP contribution in [0.3, 0.4) is 0 Å². The molecular weight excluding hydrogens is 391 g/mol. The zero-order valence-electron chi connectivity index (χ0n) is 12.5. The number of nitrogens with one attached hydrogen (secondary N) is 1. The topological polar surface area (TPSA) is 58.9 Å². The standard InChI is InChI=1S/C15H17IN6/c1-21(2)7-6-18-14-12-9-11(16)3-4-13(12)19-15(20-14)22-8-5-17-10-22/h3-5,8-10H,6-7H2,1-2H3,(H,18,19,20). The first kappa shape index (κ1) is 15.2. The summed E-state index contributed by atoms with van der Waals surface area (Å²) in [5.41, 5.74) is 0.923. The summed E-state index contributed by atoms with van der Waals surface area (Å²) in [5.74, 6) is 1.48. The predicted octanol–water partition coefficient (Wildman–Crippen LogP) is 2.39. The van der Waals surface area contributed by atoms with E-state index in [0.29, 0.717) is 5.95 Å². The van der Waals surface area contributed by atoms with Gasteiger partial charge in [0.2, 0.25) is 5.95 Å². The van der Waals surface area contributed by atoms with Crippen molar-refractivity contribution < 1.29 is 0 Å². The van der Waals surface area contributed by atoms with Crippen LogP contribution in [0.2, 0.25) is 0 Å². The molecule has 3 rings (SSSR count). The molecule has 2 heterocycles. The second-order valence-corrected chi connectivity index (χ2v) is 6.48. The highest BCUT2D eigenvalue weighted by Crippen LogP contribution is 2.23. The van der Waals surface area contributed by atoms with E-state index in [-0.39, 0.29) is 0 Å². The molecule has 0 bridgehead atoms. The molecule has 3 aromatic rings. The van der Waals surface area contributed by atoms with E-state index in [1.807, 2.05) is 16.8 Å². The molecule has 2 aromatic heterocycles. The molecule has 0 saturated carbocycles. The summed E-state index contributed by atoms with van der Waals surface area (Å²) < 4.78 is 2.98. The third-order valence-corrected chi connectivity index (χ3v) is 3.90. The van der Waals surface area contributed by atoms with Gasteiger partial charge in [0.25, 0.3) is 0 Å². The molecule has 0 amide bonds. The van der Waals surface area contributed by atoms with Gasteiger partial charge in [-0.3, -0.25) is 4.57 Å². The van der Waals surface area contributed by atoms with E-state index in [9.17, 15) is 0 Å². The van der Waals surface area contributed by atoms with Crippen LogP contribution in [0.15, 0.2) is 36.9 Å². The lowest BCUT2D eigenvalue weighted by molar-refractivity contribution is 0.425. The summed E-state index contributed by atoms with van der Waals surface area (Å²) in [7, 11) is 4.11. The molecular formula is C15H17IN6. The van der Waals surface area contributed by atoms with Gasteiger partial charge in [-0.2, -0.15) is 4.98 Å². The number of halogens is 1. The monoisotopic (exact) mass is 408 g/mol. The molecule has 0 spiro atoms. The van der Waals surface area contributed by atoms with Crippen LogP contribution in [0, 0.1) is 3.57 Å². The maximum Gasteiger partial charge on any atom is 0.237 e. The molecule has 0 aliphatic heterocycles. The molecule has 7 heteroatoms. The highest BCUT2D eigenvalue weighted by Gasteiger charge is 2.09. The van der Waals surface area contributed by atoms with Gasteiger partial charge in [-0.15, -0.1) is 0 Å². The average Bonchev–Trinajstić information content (AvgIpc) is 3.01. The van der Waals surface area contributed by atoms with Crippen molar-refractivity contribution in [3.05, 3.63) is 40.5 Å². The number of nitrogens with zero attached hydrogens (tertiary/aromatic N) is 5. The Morgan fingerprint density at radius 2 is 2.14 bits per heavy atom. The van der Waals surface area contributed by atoms with Gasteiger partial charge >= 0.3 is 0 Å². The molecule has 114 valence electrons. The Balaban J connectivity index is 2.03. The van der Waals surface area contributed by atoms with Crippen LogP contribution in [0.4, 0.5) is 5.82 Å². The van der Waals surface area contributed by atoms with Crippen molar-refractivity contribution in [2.45, 2.75) is 0 Å². The van der Waals surface area contributed by atoms with Crippen LogP contribution in [0.1, 0.15) is 0 Å². The lowest BCUT2D eigenvalue weighted by atomic mass is 10.2. The van der Waals surface area contributed by atoms with Gasteiger partial charge in [-0.25, -0.2) is 9.97 Å². The highest BCUT2D eigenvalue weighted by molar-refractivity contribution is 14.1. The molecule has 0 aliphatic carbocycles. The van der Waals surface area contributed by atoms with Gasteiger partial charge in [-0.05, 0) is 54.9 Å². The minimum absolute atomic E-state index is 0.624. The largest absolute Gasteiger partial charge is 0.368 e. The van der Waals surface area contributed by atoms with E-state index in [4.69, 9.17) is 0 Å².